The van der Waals surface area contributed by atoms with E-state index in [9.17, 15) is 8.42 Å². The second-order valence-corrected chi connectivity index (χ2v) is 9.27. The number of ether oxygens (including phenoxy) is 2. The number of anilines is 2. The van der Waals surface area contributed by atoms with Crippen molar-refractivity contribution in [3.05, 3.63) is 23.9 Å². The van der Waals surface area contributed by atoms with Gasteiger partial charge in [0.15, 0.2) is 21.4 Å². The van der Waals surface area contributed by atoms with E-state index in [2.05, 4.69) is 29.1 Å². The number of sulfone groups is 1. The van der Waals surface area contributed by atoms with Crippen LogP contribution < -0.4 is 20.5 Å². The summed E-state index contributed by atoms with van der Waals surface area (Å²) >= 11 is 0. The predicted octanol–water partition coefficient (Wildman–Crippen LogP) is 3.45. The summed E-state index contributed by atoms with van der Waals surface area (Å²) in [6.07, 6.45) is 2.59. The number of hydrogen-bond acceptors (Lipinski definition) is 8. The lowest BCUT2D eigenvalue weighted by Crippen LogP contribution is -2.11. The summed E-state index contributed by atoms with van der Waals surface area (Å²) in [5, 5.41) is 3.10. The molecule has 8 nitrogen and oxygen atoms in total. The van der Waals surface area contributed by atoms with Crippen molar-refractivity contribution < 1.29 is 17.9 Å². The maximum absolute atomic E-state index is 12.1. The molecule has 0 saturated heterocycles. The van der Waals surface area contributed by atoms with Crippen LogP contribution in [0.15, 0.2) is 23.2 Å². The Balaban J connectivity index is 2.44. The van der Waals surface area contributed by atoms with Crippen LogP contribution in [0.5, 0.6) is 17.2 Å². The molecular weight excluding hydrogens is 380 g/mol. The number of aromatic nitrogens is 2. The number of benzene rings is 1. The fraction of sp³-hybridized carbons (Fsp3) is 0.474. The van der Waals surface area contributed by atoms with Gasteiger partial charge >= 0.3 is 0 Å². The van der Waals surface area contributed by atoms with Crippen LogP contribution in [0, 0.1) is 5.92 Å². The van der Waals surface area contributed by atoms with Gasteiger partial charge in [-0.15, -0.1) is 0 Å². The van der Waals surface area contributed by atoms with Crippen LogP contribution in [0.4, 0.5) is 11.8 Å². The third-order valence-electron chi connectivity index (χ3n) is 3.99. The van der Waals surface area contributed by atoms with Crippen LogP contribution in [0.2, 0.25) is 0 Å². The van der Waals surface area contributed by atoms with E-state index < -0.39 is 9.84 Å². The Hall–Kier alpha value is -2.55. The smallest absolute Gasteiger partial charge is 0.224 e. The zero-order chi connectivity index (χ0) is 21.1. The molecule has 0 aliphatic heterocycles. The van der Waals surface area contributed by atoms with Crippen molar-refractivity contribution in [2.75, 3.05) is 31.0 Å². The highest BCUT2D eigenvalue weighted by atomic mass is 32.2. The first-order valence-electron chi connectivity index (χ1n) is 8.99. The van der Waals surface area contributed by atoms with Gasteiger partial charge in [0.1, 0.15) is 16.4 Å². The summed E-state index contributed by atoms with van der Waals surface area (Å²) in [5.41, 5.74) is 6.81. The molecule has 0 aliphatic rings. The van der Waals surface area contributed by atoms with Crippen LogP contribution in [0.1, 0.15) is 39.2 Å². The van der Waals surface area contributed by atoms with Crippen LogP contribution in [-0.2, 0) is 9.84 Å². The average Bonchev–Trinajstić information content (AvgIpc) is 2.60. The molecule has 0 bridgehead atoms. The second-order valence-electron chi connectivity index (χ2n) is 7.29. The lowest BCUT2D eigenvalue weighted by Gasteiger charge is -2.18. The SMILES string of the molecule is COc1cc(C(C)C)c(Oc2cnc(NCC(C)C)nc2N)cc1S(C)(=O)=O. The zero-order valence-corrected chi connectivity index (χ0v) is 17.9. The van der Waals surface area contributed by atoms with Gasteiger partial charge in [0.25, 0.3) is 0 Å². The fourth-order valence-corrected chi connectivity index (χ4v) is 3.34. The molecule has 2 aromatic rings. The van der Waals surface area contributed by atoms with Crippen LogP contribution in [0.3, 0.4) is 0 Å². The number of hydrogen-bond donors (Lipinski definition) is 2. The fourth-order valence-electron chi connectivity index (χ4n) is 2.51. The van der Waals surface area contributed by atoms with Gasteiger partial charge in [0, 0.05) is 24.4 Å². The van der Waals surface area contributed by atoms with E-state index in [1.807, 2.05) is 13.8 Å². The van der Waals surface area contributed by atoms with Crippen molar-refractivity contribution in [1.29, 1.82) is 0 Å². The maximum Gasteiger partial charge on any atom is 0.224 e. The summed E-state index contributed by atoms with van der Waals surface area (Å²) in [5.74, 6) is 1.96. The third kappa shape index (κ3) is 5.25. The molecule has 0 atom stereocenters. The van der Waals surface area contributed by atoms with E-state index in [-0.39, 0.29) is 28.1 Å². The molecule has 1 aromatic carbocycles. The molecule has 2 rings (SSSR count). The Morgan fingerprint density at radius 2 is 1.82 bits per heavy atom. The predicted molar refractivity (Wildman–Crippen MR) is 110 cm³/mol. The Labute approximate surface area is 166 Å². The molecule has 0 amide bonds. The number of methoxy groups -OCH3 is 1. The molecule has 3 N–H and O–H groups in total. The minimum absolute atomic E-state index is 0.0455. The van der Waals surface area contributed by atoms with Crippen LogP contribution >= 0.6 is 0 Å². The largest absolute Gasteiger partial charge is 0.495 e. The van der Waals surface area contributed by atoms with Gasteiger partial charge < -0.3 is 20.5 Å². The first-order valence-corrected chi connectivity index (χ1v) is 10.9. The molecule has 0 fully saturated rings. The standard InChI is InChI=1S/C19H28N4O4S/c1-11(2)9-21-19-22-10-16(18(20)23-19)27-14-8-17(28(6,24)25)15(26-5)7-13(14)12(3)4/h7-8,10-12H,9H2,1-6H3,(H3,20,21,22,23). The Morgan fingerprint density at radius 1 is 1.14 bits per heavy atom. The molecule has 1 aromatic heterocycles. The van der Waals surface area contributed by atoms with E-state index >= 15 is 0 Å². The number of nitrogens with one attached hydrogen (secondary N) is 1. The van der Waals surface area contributed by atoms with Gasteiger partial charge in [-0.2, -0.15) is 4.98 Å². The van der Waals surface area contributed by atoms with Crippen molar-refractivity contribution in [3.63, 3.8) is 0 Å². The Bertz CT molecular complexity index is 943. The molecule has 0 aliphatic carbocycles. The monoisotopic (exact) mass is 408 g/mol. The normalized spacial score (nSPS) is 11.7. The molecule has 28 heavy (non-hydrogen) atoms. The summed E-state index contributed by atoms with van der Waals surface area (Å²) in [7, 11) is -2.08. The van der Waals surface area contributed by atoms with E-state index in [1.165, 1.54) is 19.4 Å². The van der Waals surface area contributed by atoms with Crippen molar-refractivity contribution in [3.8, 4) is 17.2 Å². The first kappa shape index (κ1) is 21.7. The summed E-state index contributed by atoms with van der Waals surface area (Å²) < 4.78 is 35.5. The highest BCUT2D eigenvalue weighted by molar-refractivity contribution is 7.90. The number of nitrogens with two attached hydrogens (primary N) is 1. The highest BCUT2D eigenvalue weighted by Gasteiger charge is 2.21. The number of nitrogens with zero attached hydrogens (tertiary/aromatic N) is 2. The zero-order valence-electron chi connectivity index (χ0n) is 17.1. The lowest BCUT2D eigenvalue weighted by atomic mass is 10.0. The molecule has 0 saturated carbocycles. The molecule has 0 unspecified atom stereocenters. The van der Waals surface area contributed by atoms with E-state index in [4.69, 9.17) is 15.2 Å². The molecule has 9 heteroatoms. The highest BCUT2D eigenvalue weighted by Crippen LogP contribution is 2.39. The Morgan fingerprint density at radius 3 is 2.32 bits per heavy atom. The molecule has 154 valence electrons. The first-order chi connectivity index (χ1) is 13.0. The maximum atomic E-state index is 12.1. The molecule has 1 heterocycles. The van der Waals surface area contributed by atoms with Crippen molar-refractivity contribution >= 4 is 21.6 Å². The number of nitrogen functional groups attached to an aromatic ring is 1. The van der Waals surface area contributed by atoms with Gasteiger partial charge in [-0.05, 0) is 17.9 Å². The van der Waals surface area contributed by atoms with Gasteiger partial charge in [-0.25, -0.2) is 13.4 Å². The van der Waals surface area contributed by atoms with E-state index in [1.54, 1.807) is 6.07 Å². The van der Waals surface area contributed by atoms with Gasteiger partial charge in [-0.1, -0.05) is 27.7 Å². The molecule has 0 spiro atoms. The average molecular weight is 409 g/mol. The third-order valence-corrected chi connectivity index (χ3v) is 5.11. The quantitative estimate of drug-likeness (QED) is 0.682. The van der Waals surface area contributed by atoms with Gasteiger partial charge in [-0.3, -0.25) is 0 Å². The van der Waals surface area contributed by atoms with E-state index in [0.717, 1.165) is 11.8 Å². The van der Waals surface area contributed by atoms with Gasteiger partial charge in [0.2, 0.25) is 5.95 Å². The molecular formula is C19H28N4O4S. The minimum atomic E-state index is -3.51. The lowest BCUT2D eigenvalue weighted by molar-refractivity contribution is 0.398. The summed E-state index contributed by atoms with van der Waals surface area (Å²) in [4.78, 5) is 8.47. The molecule has 0 radical (unpaired) electrons. The minimum Gasteiger partial charge on any atom is -0.495 e. The van der Waals surface area contributed by atoms with Crippen molar-refractivity contribution in [2.24, 2.45) is 5.92 Å². The van der Waals surface area contributed by atoms with Crippen molar-refractivity contribution in [1.82, 2.24) is 9.97 Å². The van der Waals surface area contributed by atoms with Crippen molar-refractivity contribution in [2.45, 2.75) is 38.5 Å². The van der Waals surface area contributed by atoms with E-state index in [0.29, 0.717) is 24.2 Å². The Kier molecular flexibility index (Phi) is 6.71. The second kappa shape index (κ2) is 8.64. The van der Waals surface area contributed by atoms with Crippen LogP contribution in [0.25, 0.3) is 0 Å². The number of rotatable bonds is 8. The van der Waals surface area contributed by atoms with Gasteiger partial charge in [0.05, 0.1) is 13.3 Å². The topological polar surface area (TPSA) is 116 Å². The summed E-state index contributed by atoms with van der Waals surface area (Å²) in [6, 6.07) is 3.12. The van der Waals surface area contributed by atoms with Crippen LogP contribution in [-0.4, -0.2) is 38.3 Å². The summed E-state index contributed by atoms with van der Waals surface area (Å²) in [6.45, 7) is 8.81.